The van der Waals surface area contributed by atoms with Crippen molar-refractivity contribution in [3.63, 3.8) is 0 Å². The zero-order valence-electron chi connectivity index (χ0n) is 13.9. The van der Waals surface area contributed by atoms with Crippen molar-refractivity contribution < 1.29 is 13.9 Å². The Morgan fingerprint density at radius 2 is 1.95 bits per heavy atom. The molecule has 3 nitrogen and oxygen atoms in total. The lowest BCUT2D eigenvalue weighted by Gasteiger charge is -2.20. The summed E-state index contributed by atoms with van der Waals surface area (Å²) in [6.45, 7) is 6.83. The second kappa shape index (κ2) is 10.2. The van der Waals surface area contributed by atoms with Crippen molar-refractivity contribution in [2.24, 2.45) is 5.92 Å². The Kier molecular flexibility index (Phi) is 8.56. The number of halogens is 1. The number of nitrogens with one attached hydrogen (secondary N) is 1. The Morgan fingerprint density at radius 1 is 1.23 bits per heavy atom. The van der Waals surface area contributed by atoms with Crippen molar-refractivity contribution >= 4 is 5.91 Å². The highest BCUT2D eigenvalue weighted by molar-refractivity contribution is 5.81. The lowest BCUT2D eigenvalue weighted by Crippen LogP contribution is -2.40. The molecule has 1 aromatic rings. The first-order chi connectivity index (χ1) is 10.6. The number of para-hydroxylation sites is 1. The van der Waals surface area contributed by atoms with Gasteiger partial charge in [-0.1, -0.05) is 52.2 Å². The second-order valence-electron chi connectivity index (χ2n) is 5.61. The minimum Gasteiger partial charge on any atom is -0.478 e. The van der Waals surface area contributed by atoms with E-state index in [0.29, 0.717) is 18.9 Å². The Balaban J connectivity index is 2.52. The van der Waals surface area contributed by atoms with Crippen LogP contribution in [0.3, 0.4) is 0 Å². The molecule has 1 N–H and O–H groups in total. The van der Waals surface area contributed by atoms with Gasteiger partial charge in [0.1, 0.15) is 0 Å². The fourth-order valence-electron chi connectivity index (χ4n) is 2.32. The number of unbranched alkanes of at least 4 members (excludes halogenated alkanes) is 1. The highest BCUT2D eigenvalue weighted by Crippen LogP contribution is 2.18. The number of carbonyl (C=O) groups excluding carboxylic acids is 1. The van der Waals surface area contributed by atoms with E-state index in [9.17, 15) is 9.18 Å². The van der Waals surface area contributed by atoms with Crippen LogP contribution in [-0.4, -0.2) is 18.6 Å². The standard InChI is InChI=1S/C18H28FNO2/c1-4-7-10-14(5-2)13-20-18(21)16(6-3)22-17-12-9-8-11-15(17)19/h8-9,11-12,14,16H,4-7,10,13H2,1-3H3,(H,20,21). The third-order valence-electron chi connectivity index (χ3n) is 3.88. The van der Waals surface area contributed by atoms with Crippen molar-refractivity contribution in [2.45, 2.75) is 59.0 Å². The summed E-state index contributed by atoms with van der Waals surface area (Å²) in [5, 5.41) is 2.95. The van der Waals surface area contributed by atoms with Gasteiger partial charge in [-0.15, -0.1) is 0 Å². The van der Waals surface area contributed by atoms with E-state index in [2.05, 4.69) is 19.2 Å². The third-order valence-corrected chi connectivity index (χ3v) is 3.88. The number of rotatable bonds is 10. The van der Waals surface area contributed by atoms with E-state index in [1.165, 1.54) is 18.9 Å². The summed E-state index contributed by atoms with van der Waals surface area (Å²) in [6.07, 6.45) is 4.37. The van der Waals surface area contributed by atoms with Crippen molar-refractivity contribution in [1.29, 1.82) is 0 Å². The van der Waals surface area contributed by atoms with Gasteiger partial charge in [0.2, 0.25) is 0 Å². The van der Waals surface area contributed by atoms with Gasteiger partial charge in [0.15, 0.2) is 17.7 Å². The molecule has 0 aliphatic rings. The van der Waals surface area contributed by atoms with Crippen LogP contribution < -0.4 is 10.1 Å². The Labute approximate surface area is 133 Å². The molecule has 0 radical (unpaired) electrons. The minimum atomic E-state index is -0.652. The zero-order chi connectivity index (χ0) is 16.4. The largest absolute Gasteiger partial charge is 0.478 e. The van der Waals surface area contributed by atoms with E-state index >= 15 is 0 Å². The summed E-state index contributed by atoms with van der Waals surface area (Å²) in [5.41, 5.74) is 0. The fourth-order valence-corrected chi connectivity index (χ4v) is 2.32. The van der Waals surface area contributed by atoms with Gasteiger partial charge in [0.25, 0.3) is 5.91 Å². The molecule has 22 heavy (non-hydrogen) atoms. The van der Waals surface area contributed by atoms with E-state index in [1.54, 1.807) is 18.2 Å². The van der Waals surface area contributed by atoms with Gasteiger partial charge in [-0.3, -0.25) is 4.79 Å². The molecule has 0 fully saturated rings. The average Bonchev–Trinajstić information content (AvgIpc) is 2.54. The topological polar surface area (TPSA) is 38.3 Å². The number of benzene rings is 1. The lowest BCUT2D eigenvalue weighted by atomic mass is 9.99. The summed E-state index contributed by atoms with van der Waals surface area (Å²) in [6, 6.07) is 6.17. The van der Waals surface area contributed by atoms with Gasteiger partial charge >= 0.3 is 0 Å². The molecule has 0 aliphatic carbocycles. The highest BCUT2D eigenvalue weighted by atomic mass is 19.1. The molecule has 0 saturated heterocycles. The molecular weight excluding hydrogens is 281 g/mol. The molecule has 124 valence electrons. The average molecular weight is 309 g/mol. The number of hydrogen-bond acceptors (Lipinski definition) is 2. The molecule has 0 aromatic heterocycles. The van der Waals surface area contributed by atoms with Crippen LogP contribution in [0.2, 0.25) is 0 Å². The van der Waals surface area contributed by atoms with Crippen LogP contribution in [0.25, 0.3) is 0 Å². The SMILES string of the molecule is CCCCC(CC)CNC(=O)C(CC)Oc1ccccc1F. The zero-order valence-corrected chi connectivity index (χ0v) is 13.9. The first-order valence-corrected chi connectivity index (χ1v) is 8.31. The van der Waals surface area contributed by atoms with Crippen LogP contribution in [0.5, 0.6) is 5.75 Å². The van der Waals surface area contributed by atoms with Crippen molar-refractivity contribution in [3.05, 3.63) is 30.1 Å². The number of carbonyl (C=O) groups is 1. The predicted molar refractivity (Wildman–Crippen MR) is 87.4 cm³/mol. The van der Waals surface area contributed by atoms with Gasteiger partial charge < -0.3 is 10.1 Å². The summed E-state index contributed by atoms with van der Waals surface area (Å²) in [5.74, 6) is 0.0150. The van der Waals surface area contributed by atoms with Crippen LogP contribution in [0.4, 0.5) is 4.39 Å². The normalized spacial score (nSPS) is 13.5. The summed E-state index contributed by atoms with van der Waals surface area (Å²) in [4.78, 5) is 12.2. The number of amides is 1. The van der Waals surface area contributed by atoms with E-state index in [-0.39, 0.29) is 11.7 Å². The number of ether oxygens (including phenoxy) is 1. The molecule has 4 heteroatoms. The first-order valence-electron chi connectivity index (χ1n) is 8.31. The molecule has 1 amide bonds. The number of hydrogen-bond donors (Lipinski definition) is 1. The van der Waals surface area contributed by atoms with E-state index in [0.717, 1.165) is 12.8 Å². The van der Waals surface area contributed by atoms with Crippen molar-refractivity contribution in [2.75, 3.05) is 6.54 Å². The van der Waals surface area contributed by atoms with Crippen LogP contribution in [0, 0.1) is 11.7 Å². The predicted octanol–water partition coefficient (Wildman–Crippen LogP) is 4.32. The second-order valence-corrected chi connectivity index (χ2v) is 5.61. The molecule has 0 spiro atoms. The van der Waals surface area contributed by atoms with Gasteiger partial charge in [-0.05, 0) is 30.9 Å². The monoisotopic (exact) mass is 309 g/mol. The maximum absolute atomic E-state index is 13.6. The summed E-state index contributed by atoms with van der Waals surface area (Å²) >= 11 is 0. The van der Waals surface area contributed by atoms with Gasteiger partial charge in [-0.2, -0.15) is 0 Å². The Hall–Kier alpha value is -1.58. The molecule has 0 saturated carbocycles. The smallest absolute Gasteiger partial charge is 0.261 e. The minimum absolute atomic E-state index is 0.127. The molecule has 0 heterocycles. The molecule has 0 aliphatic heterocycles. The van der Waals surface area contributed by atoms with E-state index in [4.69, 9.17) is 4.74 Å². The Bertz CT molecular complexity index is 450. The first kappa shape index (κ1) is 18.5. The highest BCUT2D eigenvalue weighted by Gasteiger charge is 2.20. The van der Waals surface area contributed by atoms with Gasteiger partial charge in [0, 0.05) is 6.54 Å². The van der Waals surface area contributed by atoms with E-state index < -0.39 is 11.9 Å². The Morgan fingerprint density at radius 3 is 2.55 bits per heavy atom. The lowest BCUT2D eigenvalue weighted by molar-refractivity contribution is -0.128. The van der Waals surface area contributed by atoms with Crippen LogP contribution in [0.1, 0.15) is 52.9 Å². The van der Waals surface area contributed by atoms with Crippen LogP contribution in [-0.2, 0) is 4.79 Å². The molecule has 1 aromatic carbocycles. The van der Waals surface area contributed by atoms with Crippen molar-refractivity contribution in [1.82, 2.24) is 5.32 Å². The molecule has 0 bridgehead atoms. The molecule has 2 unspecified atom stereocenters. The molecule has 1 rings (SSSR count). The fraction of sp³-hybridized carbons (Fsp3) is 0.611. The summed E-state index contributed by atoms with van der Waals surface area (Å²) in [7, 11) is 0. The molecular formula is C18H28FNO2. The van der Waals surface area contributed by atoms with Gasteiger partial charge in [0.05, 0.1) is 0 Å². The quantitative estimate of drug-likeness (QED) is 0.699. The van der Waals surface area contributed by atoms with Crippen LogP contribution in [0.15, 0.2) is 24.3 Å². The van der Waals surface area contributed by atoms with Crippen molar-refractivity contribution in [3.8, 4) is 5.75 Å². The molecule has 2 atom stereocenters. The third kappa shape index (κ3) is 6.04. The summed E-state index contributed by atoms with van der Waals surface area (Å²) < 4.78 is 19.1. The van der Waals surface area contributed by atoms with E-state index in [1.807, 2.05) is 6.92 Å². The van der Waals surface area contributed by atoms with Gasteiger partial charge in [-0.25, -0.2) is 4.39 Å². The maximum Gasteiger partial charge on any atom is 0.261 e. The van der Waals surface area contributed by atoms with Crippen LogP contribution >= 0.6 is 0 Å². The maximum atomic E-state index is 13.6.